The van der Waals surface area contributed by atoms with Crippen LogP contribution in [0.3, 0.4) is 0 Å². The van der Waals surface area contributed by atoms with E-state index in [1.54, 1.807) is 6.08 Å². The summed E-state index contributed by atoms with van der Waals surface area (Å²) in [4.78, 5) is 11.6. The van der Waals surface area contributed by atoms with Crippen LogP contribution in [0.1, 0.15) is 33.1 Å². The molecule has 0 heterocycles. The first-order valence-corrected chi connectivity index (χ1v) is 6.38. The first kappa shape index (κ1) is 16.1. The quantitative estimate of drug-likeness (QED) is 0.502. The van der Waals surface area contributed by atoms with Crippen LogP contribution in [0, 0.1) is 5.92 Å². The molecule has 0 saturated heterocycles. The normalized spacial score (nSPS) is 14.1. The van der Waals surface area contributed by atoms with E-state index >= 15 is 0 Å². The first-order valence-electron chi connectivity index (χ1n) is 6.38. The minimum Gasteiger partial charge on any atom is -0.396 e. The Bertz CT molecular complexity index is 213. The van der Waals surface area contributed by atoms with Crippen LogP contribution in [0.4, 0.5) is 0 Å². The highest BCUT2D eigenvalue weighted by atomic mass is 16.3. The van der Waals surface area contributed by atoms with Crippen molar-refractivity contribution in [3.05, 3.63) is 12.7 Å². The Morgan fingerprint density at radius 2 is 2.18 bits per heavy atom. The highest BCUT2D eigenvalue weighted by Crippen LogP contribution is 2.09. The molecule has 4 nitrogen and oxygen atoms in total. The summed E-state index contributed by atoms with van der Waals surface area (Å²) in [5.41, 5.74) is 0. The maximum Gasteiger partial charge on any atom is 0.237 e. The van der Waals surface area contributed by atoms with E-state index in [1.165, 1.54) is 0 Å². The smallest absolute Gasteiger partial charge is 0.237 e. The largest absolute Gasteiger partial charge is 0.396 e. The zero-order valence-corrected chi connectivity index (χ0v) is 11.0. The van der Waals surface area contributed by atoms with E-state index in [0.717, 1.165) is 25.8 Å². The third kappa shape index (κ3) is 7.94. The standard InChI is InChI=1S/C13H26N2O2/c1-4-6-12(7-9-16)10-15-11(3)13(17)14-8-5-2/h5,11-12,15-16H,2,4,6-10H2,1,3H3,(H,14,17). The summed E-state index contributed by atoms with van der Waals surface area (Å²) in [7, 11) is 0. The van der Waals surface area contributed by atoms with Gasteiger partial charge in [-0.2, -0.15) is 0 Å². The van der Waals surface area contributed by atoms with Gasteiger partial charge in [0.2, 0.25) is 5.91 Å². The Hall–Kier alpha value is -0.870. The summed E-state index contributed by atoms with van der Waals surface area (Å²) in [5, 5.41) is 14.9. The number of carbonyl (C=O) groups is 1. The minimum atomic E-state index is -0.201. The molecule has 0 radical (unpaired) electrons. The number of carbonyl (C=O) groups excluding carboxylic acids is 1. The number of rotatable bonds is 10. The Balaban J connectivity index is 3.88. The van der Waals surface area contributed by atoms with Crippen molar-refractivity contribution in [3.8, 4) is 0 Å². The van der Waals surface area contributed by atoms with Crippen molar-refractivity contribution < 1.29 is 9.90 Å². The van der Waals surface area contributed by atoms with E-state index in [9.17, 15) is 4.79 Å². The van der Waals surface area contributed by atoms with Crippen molar-refractivity contribution >= 4 is 5.91 Å². The molecule has 2 atom stereocenters. The van der Waals surface area contributed by atoms with Crippen LogP contribution in [0.15, 0.2) is 12.7 Å². The van der Waals surface area contributed by atoms with E-state index in [1.807, 2.05) is 6.92 Å². The first-order chi connectivity index (χ1) is 8.15. The molecule has 100 valence electrons. The Morgan fingerprint density at radius 3 is 2.71 bits per heavy atom. The van der Waals surface area contributed by atoms with E-state index in [4.69, 9.17) is 5.11 Å². The molecule has 0 aliphatic rings. The second kappa shape index (κ2) is 10.3. The van der Waals surface area contributed by atoms with Gasteiger partial charge in [-0.15, -0.1) is 6.58 Å². The van der Waals surface area contributed by atoms with Gasteiger partial charge in [-0.05, 0) is 32.2 Å². The second-order valence-corrected chi connectivity index (χ2v) is 4.33. The van der Waals surface area contributed by atoms with Crippen molar-refractivity contribution in [2.45, 2.75) is 39.2 Å². The van der Waals surface area contributed by atoms with Gasteiger partial charge in [0.25, 0.3) is 0 Å². The molecule has 17 heavy (non-hydrogen) atoms. The lowest BCUT2D eigenvalue weighted by molar-refractivity contribution is -0.122. The van der Waals surface area contributed by atoms with E-state index in [-0.39, 0.29) is 18.6 Å². The molecule has 3 N–H and O–H groups in total. The lowest BCUT2D eigenvalue weighted by atomic mass is 10.00. The van der Waals surface area contributed by atoms with Crippen LogP contribution in [-0.4, -0.2) is 36.8 Å². The second-order valence-electron chi connectivity index (χ2n) is 4.33. The molecule has 0 saturated carbocycles. The van der Waals surface area contributed by atoms with Gasteiger partial charge in [-0.25, -0.2) is 0 Å². The molecular weight excluding hydrogens is 216 g/mol. The summed E-state index contributed by atoms with van der Waals surface area (Å²) in [5.74, 6) is 0.434. The molecule has 4 heteroatoms. The van der Waals surface area contributed by atoms with Crippen LogP contribution in [-0.2, 0) is 4.79 Å². The van der Waals surface area contributed by atoms with E-state index < -0.39 is 0 Å². The third-order valence-electron chi connectivity index (χ3n) is 2.76. The Kier molecular flexibility index (Phi) is 9.77. The zero-order valence-electron chi connectivity index (χ0n) is 11.0. The Labute approximate surface area is 104 Å². The van der Waals surface area contributed by atoms with Gasteiger partial charge in [0.05, 0.1) is 6.04 Å². The summed E-state index contributed by atoms with van der Waals surface area (Å²) in [6, 6.07) is -0.201. The van der Waals surface area contributed by atoms with Crippen molar-refractivity contribution in [1.82, 2.24) is 10.6 Å². The van der Waals surface area contributed by atoms with Crippen molar-refractivity contribution in [3.63, 3.8) is 0 Å². The molecule has 0 aromatic carbocycles. The predicted octanol–water partition coefficient (Wildman–Crippen LogP) is 1.07. The summed E-state index contributed by atoms with van der Waals surface area (Å²) < 4.78 is 0. The molecule has 0 aliphatic carbocycles. The van der Waals surface area contributed by atoms with Crippen molar-refractivity contribution in [1.29, 1.82) is 0 Å². The van der Waals surface area contributed by atoms with Gasteiger partial charge < -0.3 is 15.7 Å². The number of aliphatic hydroxyl groups is 1. The fourth-order valence-electron chi connectivity index (χ4n) is 1.70. The highest BCUT2D eigenvalue weighted by molar-refractivity contribution is 5.81. The van der Waals surface area contributed by atoms with Crippen LogP contribution in [0.25, 0.3) is 0 Å². The van der Waals surface area contributed by atoms with Gasteiger partial charge >= 0.3 is 0 Å². The molecule has 0 aromatic rings. The summed E-state index contributed by atoms with van der Waals surface area (Å²) >= 11 is 0. The van der Waals surface area contributed by atoms with Gasteiger partial charge in [0, 0.05) is 13.2 Å². The molecule has 0 spiro atoms. The van der Waals surface area contributed by atoms with Gasteiger partial charge in [0.15, 0.2) is 0 Å². The van der Waals surface area contributed by atoms with Crippen LogP contribution in [0.5, 0.6) is 0 Å². The summed E-state index contributed by atoms with van der Waals surface area (Å²) in [6.45, 7) is 9.02. The molecule has 1 amide bonds. The lowest BCUT2D eigenvalue weighted by Gasteiger charge is -2.19. The van der Waals surface area contributed by atoms with Crippen LogP contribution < -0.4 is 10.6 Å². The zero-order chi connectivity index (χ0) is 13.1. The molecule has 0 aliphatic heterocycles. The number of hydrogen-bond donors (Lipinski definition) is 3. The fraction of sp³-hybridized carbons (Fsp3) is 0.769. The lowest BCUT2D eigenvalue weighted by Crippen LogP contribution is -2.43. The number of hydrogen-bond acceptors (Lipinski definition) is 3. The SMILES string of the molecule is C=CCNC(=O)C(C)NCC(CCC)CCO. The molecule has 0 bridgehead atoms. The van der Waals surface area contributed by atoms with Crippen LogP contribution in [0.2, 0.25) is 0 Å². The molecule has 0 rings (SSSR count). The maximum atomic E-state index is 11.6. The fourth-order valence-corrected chi connectivity index (χ4v) is 1.70. The minimum absolute atomic E-state index is 0.0100. The molecule has 0 fully saturated rings. The van der Waals surface area contributed by atoms with Crippen molar-refractivity contribution in [2.75, 3.05) is 19.7 Å². The van der Waals surface area contributed by atoms with E-state index in [0.29, 0.717) is 12.5 Å². The average molecular weight is 242 g/mol. The summed E-state index contributed by atoms with van der Waals surface area (Å²) in [6.07, 6.45) is 4.63. The van der Waals surface area contributed by atoms with Gasteiger partial charge in [-0.1, -0.05) is 19.4 Å². The molecule has 0 aromatic heterocycles. The van der Waals surface area contributed by atoms with Gasteiger partial charge in [-0.3, -0.25) is 4.79 Å². The monoisotopic (exact) mass is 242 g/mol. The third-order valence-corrected chi connectivity index (χ3v) is 2.76. The van der Waals surface area contributed by atoms with E-state index in [2.05, 4.69) is 24.1 Å². The molecular formula is C13H26N2O2. The number of amides is 1. The predicted molar refractivity (Wildman–Crippen MR) is 70.8 cm³/mol. The Morgan fingerprint density at radius 1 is 1.47 bits per heavy atom. The van der Waals surface area contributed by atoms with Crippen LogP contribution >= 0.6 is 0 Å². The maximum absolute atomic E-state index is 11.6. The number of aliphatic hydroxyl groups excluding tert-OH is 1. The molecule has 2 unspecified atom stereocenters. The number of nitrogens with one attached hydrogen (secondary N) is 2. The van der Waals surface area contributed by atoms with Crippen molar-refractivity contribution in [2.24, 2.45) is 5.92 Å². The van der Waals surface area contributed by atoms with Gasteiger partial charge in [0.1, 0.15) is 0 Å². The average Bonchev–Trinajstić information content (AvgIpc) is 2.33. The topological polar surface area (TPSA) is 61.4 Å². The highest BCUT2D eigenvalue weighted by Gasteiger charge is 2.13.